The van der Waals surface area contributed by atoms with Crippen molar-refractivity contribution in [3.63, 3.8) is 0 Å². The van der Waals surface area contributed by atoms with E-state index in [-0.39, 0.29) is 11.5 Å². The average molecular weight is 620 g/mol. The highest BCUT2D eigenvalue weighted by molar-refractivity contribution is 6.05. The first-order chi connectivity index (χ1) is 22.3. The summed E-state index contributed by atoms with van der Waals surface area (Å²) in [5, 5.41) is 12.3. The normalized spacial score (nSPS) is 13.5. The molecular formula is C36H37N5O5. The minimum atomic E-state index is -0.965. The maximum Gasteiger partial charge on any atom is 0.335 e. The lowest BCUT2D eigenvalue weighted by atomic mass is 10.1. The molecule has 2 N–H and O–H groups in total. The third-order valence-electron chi connectivity index (χ3n) is 8.31. The number of oxazole rings is 1. The summed E-state index contributed by atoms with van der Waals surface area (Å²) in [4.78, 5) is 35.9. The lowest BCUT2D eigenvalue weighted by Crippen LogP contribution is -2.44. The van der Waals surface area contributed by atoms with E-state index in [0.717, 1.165) is 55.2 Å². The van der Waals surface area contributed by atoms with Crippen LogP contribution in [0, 0.1) is 0 Å². The Hall–Kier alpha value is -5.35. The van der Waals surface area contributed by atoms with Gasteiger partial charge in [0.25, 0.3) is 11.9 Å². The Morgan fingerprint density at radius 1 is 0.891 bits per heavy atom. The SMILES string of the molecule is COc1ccc(CCN(Cc2ccc(C(=O)O)cc2)c2nc3cc(NC(=O)c4ccc(N5CCN(C)CC5)cc4)ccc3o2)cc1. The van der Waals surface area contributed by atoms with E-state index in [1.165, 1.54) is 0 Å². The molecule has 0 saturated carbocycles. The van der Waals surface area contributed by atoms with Gasteiger partial charge in [-0.1, -0.05) is 24.3 Å². The van der Waals surface area contributed by atoms with Gasteiger partial charge in [0.1, 0.15) is 11.3 Å². The molecule has 5 aromatic rings. The van der Waals surface area contributed by atoms with Crippen LogP contribution in [-0.2, 0) is 13.0 Å². The molecule has 0 atom stereocenters. The topological polar surface area (TPSA) is 111 Å². The number of amides is 1. The van der Waals surface area contributed by atoms with Gasteiger partial charge < -0.3 is 34.3 Å². The number of carbonyl (C=O) groups excluding carboxylic acids is 1. The van der Waals surface area contributed by atoms with Gasteiger partial charge in [0.2, 0.25) is 0 Å². The third-order valence-corrected chi connectivity index (χ3v) is 8.31. The number of benzene rings is 4. The van der Waals surface area contributed by atoms with Gasteiger partial charge in [-0.15, -0.1) is 0 Å². The van der Waals surface area contributed by atoms with Crippen LogP contribution in [0.15, 0.2) is 95.4 Å². The highest BCUT2D eigenvalue weighted by atomic mass is 16.5. The zero-order valence-electron chi connectivity index (χ0n) is 26.0. The fourth-order valence-corrected chi connectivity index (χ4v) is 5.49. The number of carboxylic acid groups (broad SMARTS) is 1. The van der Waals surface area contributed by atoms with Crippen molar-refractivity contribution >= 4 is 40.4 Å². The highest BCUT2D eigenvalue weighted by Gasteiger charge is 2.18. The van der Waals surface area contributed by atoms with Gasteiger partial charge in [-0.2, -0.15) is 4.98 Å². The molecule has 1 amide bonds. The van der Waals surface area contributed by atoms with Gasteiger partial charge in [-0.05, 0) is 91.3 Å². The standard InChI is InChI=1S/C36H37N5O5/c1-39-19-21-40(22-20-39)30-12-9-27(10-13-30)34(42)37-29-11-16-33-32(23-29)38-36(46-33)41(18-17-25-5-14-31(45-2)15-6-25)24-26-3-7-28(8-4-26)35(43)44/h3-16,23H,17-22,24H2,1-2H3,(H,37,42)(H,43,44). The number of carboxylic acids is 1. The molecule has 46 heavy (non-hydrogen) atoms. The van der Waals surface area contributed by atoms with E-state index in [2.05, 4.69) is 22.2 Å². The summed E-state index contributed by atoms with van der Waals surface area (Å²) in [6, 6.07) is 28.3. The molecule has 10 nitrogen and oxygen atoms in total. The Labute approximate surface area is 267 Å². The third kappa shape index (κ3) is 7.30. The van der Waals surface area contributed by atoms with Gasteiger partial charge in [-0.3, -0.25) is 4.79 Å². The number of fused-ring (bicyclic) bond motifs is 1. The summed E-state index contributed by atoms with van der Waals surface area (Å²) in [6.07, 6.45) is 0.727. The van der Waals surface area contributed by atoms with Crippen LogP contribution in [0.4, 0.5) is 17.4 Å². The van der Waals surface area contributed by atoms with Gasteiger partial charge in [0.15, 0.2) is 5.58 Å². The Bertz CT molecular complexity index is 1790. The molecule has 1 fully saturated rings. The van der Waals surface area contributed by atoms with Gasteiger partial charge in [0.05, 0.1) is 12.7 Å². The maximum absolute atomic E-state index is 13.1. The molecule has 4 aromatic carbocycles. The number of rotatable bonds is 11. The largest absolute Gasteiger partial charge is 0.497 e. The van der Waals surface area contributed by atoms with Crippen molar-refractivity contribution in [1.82, 2.24) is 9.88 Å². The van der Waals surface area contributed by atoms with Crippen LogP contribution in [0.1, 0.15) is 31.8 Å². The molecular weight excluding hydrogens is 582 g/mol. The zero-order chi connectivity index (χ0) is 32.0. The van der Waals surface area contributed by atoms with Gasteiger partial charge in [0, 0.05) is 56.2 Å². The Morgan fingerprint density at radius 2 is 1.57 bits per heavy atom. The van der Waals surface area contributed by atoms with Crippen molar-refractivity contribution < 1.29 is 23.8 Å². The van der Waals surface area contributed by atoms with E-state index in [4.69, 9.17) is 14.1 Å². The average Bonchev–Trinajstić information content (AvgIpc) is 3.51. The molecule has 10 heteroatoms. The number of hydrogen-bond acceptors (Lipinski definition) is 8. The smallest absolute Gasteiger partial charge is 0.335 e. The monoisotopic (exact) mass is 619 g/mol. The van der Waals surface area contributed by atoms with Gasteiger partial charge >= 0.3 is 5.97 Å². The molecule has 1 aliphatic rings. The molecule has 0 bridgehead atoms. The number of nitrogens with one attached hydrogen (secondary N) is 1. The van der Waals surface area contributed by atoms with Crippen molar-refractivity contribution in [2.45, 2.75) is 13.0 Å². The van der Waals surface area contributed by atoms with Gasteiger partial charge in [-0.25, -0.2) is 4.79 Å². The highest BCUT2D eigenvalue weighted by Crippen LogP contribution is 2.27. The molecule has 0 aliphatic carbocycles. The number of carbonyl (C=O) groups is 2. The fourth-order valence-electron chi connectivity index (χ4n) is 5.49. The first kappa shape index (κ1) is 30.7. The van der Waals surface area contributed by atoms with Crippen molar-refractivity contribution in [3.8, 4) is 5.75 Å². The number of methoxy groups -OCH3 is 1. The summed E-state index contributed by atoms with van der Waals surface area (Å²) in [6.45, 7) is 5.06. The lowest BCUT2D eigenvalue weighted by molar-refractivity contribution is 0.0696. The van der Waals surface area contributed by atoms with Crippen molar-refractivity contribution in [2.24, 2.45) is 0 Å². The predicted octanol–water partition coefficient (Wildman–Crippen LogP) is 5.79. The van der Waals surface area contributed by atoms with Crippen molar-refractivity contribution in [1.29, 1.82) is 0 Å². The summed E-state index contributed by atoms with van der Waals surface area (Å²) in [5.74, 6) is -0.366. The summed E-state index contributed by atoms with van der Waals surface area (Å²) in [5.41, 5.74) is 5.82. The molecule has 0 radical (unpaired) electrons. The van der Waals surface area contributed by atoms with Crippen molar-refractivity contribution in [2.75, 3.05) is 62.0 Å². The fraction of sp³-hybridized carbons (Fsp3) is 0.250. The number of nitrogens with zero attached hydrogens (tertiary/aromatic N) is 4. The predicted molar refractivity (Wildman–Crippen MR) is 179 cm³/mol. The molecule has 1 aliphatic heterocycles. The number of likely N-dealkylation sites (N-methyl/N-ethyl adjacent to an activating group) is 1. The Balaban J connectivity index is 1.17. The molecule has 1 aromatic heterocycles. The van der Waals surface area contributed by atoms with Crippen LogP contribution >= 0.6 is 0 Å². The second-order valence-corrected chi connectivity index (χ2v) is 11.5. The second-order valence-electron chi connectivity index (χ2n) is 11.5. The summed E-state index contributed by atoms with van der Waals surface area (Å²) >= 11 is 0. The van der Waals surface area contributed by atoms with E-state index in [9.17, 15) is 14.7 Å². The number of aromatic nitrogens is 1. The quantitative estimate of drug-likeness (QED) is 0.190. The number of hydrogen-bond donors (Lipinski definition) is 2. The van der Waals surface area contributed by atoms with E-state index < -0.39 is 5.97 Å². The molecule has 0 unspecified atom stereocenters. The van der Waals surface area contributed by atoms with E-state index >= 15 is 0 Å². The van der Waals surface area contributed by atoms with Crippen LogP contribution in [0.5, 0.6) is 5.75 Å². The molecule has 2 heterocycles. The first-order valence-electron chi connectivity index (χ1n) is 15.3. The minimum absolute atomic E-state index is 0.195. The molecule has 6 rings (SSSR count). The summed E-state index contributed by atoms with van der Waals surface area (Å²) in [7, 11) is 3.77. The van der Waals surface area contributed by atoms with Crippen LogP contribution in [0.25, 0.3) is 11.1 Å². The zero-order valence-corrected chi connectivity index (χ0v) is 26.0. The second kappa shape index (κ2) is 13.7. The van der Waals surface area contributed by atoms with Crippen LogP contribution in [0.3, 0.4) is 0 Å². The summed E-state index contributed by atoms with van der Waals surface area (Å²) < 4.78 is 11.5. The lowest BCUT2D eigenvalue weighted by Gasteiger charge is -2.34. The van der Waals surface area contributed by atoms with E-state index in [0.29, 0.717) is 41.5 Å². The number of aromatic carboxylic acids is 1. The molecule has 1 saturated heterocycles. The van der Waals surface area contributed by atoms with Crippen molar-refractivity contribution in [3.05, 3.63) is 113 Å². The van der Waals surface area contributed by atoms with E-state index in [1.54, 1.807) is 43.5 Å². The number of piperazine rings is 1. The molecule has 0 spiro atoms. The first-order valence-corrected chi connectivity index (χ1v) is 15.3. The Kier molecular flexibility index (Phi) is 9.16. The van der Waals surface area contributed by atoms with E-state index in [1.807, 2.05) is 59.5 Å². The number of anilines is 3. The van der Waals surface area contributed by atoms with Crippen LogP contribution in [0.2, 0.25) is 0 Å². The molecule has 236 valence electrons. The van der Waals surface area contributed by atoms with Crippen LogP contribution < -0.4 is 19.9 Å². The maximum atomic E-state index is 13.1. The Morgan fingerprint density at radius 3 is 2.24 bits per heavy atom. The number of ether oxygens (including phenoxy) is 1. The van der Waals surface area contributed by atoms with Crippen LogP contribution in [-0.4, -0.2) is 73.7 Å². The minimum Gasteiger partial charge on any atom is -0.497 e.